The van der Waals surface area contributed by atoms with E-state index in [4.69, 9.17) is 9.47 Å². The molecule has 0 N–H and O–H groups in total. The molecule has 3 rings (SSSR count). The number of carbonyl (C=O) groups is 1. The molecule has 0 aliphatic rings. The van der Waals surface area contributed by atoms with E-state index in [9.17, 15) is 4.79 Å². The van der Waals surface area contributed by atoms with Gasteiger partial charge in [0.1, 0.15) is 5.75 Å². The van der Waals surface area contributed by atoms with E-state index >= 15 is 0 Å². The number of hydrogen-bond donors (Lipinski definition) is 0. The monoisotopic (exact) mass is 366 g/mol. The van der Waals surface area contributed by atoms with Gasteiger partial charge in [0.15, 0.2) is 0 Å². The Kier molecular flexibility index (Phi) is 6.14. The van der Waals surface area contributed by atoms with Crippen molar-refractivity contribution in [2.24, 2.45) is 7.05 Å². The van der Waals surface area contributed by atoms with Crippen LogP contribution in [0.5, 0.6) is 5.75 Å². The summed E-state index contributed by atoms with van der Waals surface area (Å²) in [6.45, 7) is 1.82. The van der Waals surface area contributed by atoms with Gasteiger partial charge < -0.3 is 18.9 Å². The minimum atomic E-state index is 0.0324. The standard InChI is InChI=1S/C22H26N2O3/c1-23-13-11-18-7-8-19(15-21(18)23)22(25)24(12-4-14-26-2)16-17-5-9-20(27-3)10-6-17/h5-11,13,15H,4,12,14,16H2,1-3H3. The van der Waals surface area contributed by atoms with Crippen LogP contribution >= 0.6 is 0 Å². The number of aromatic nitrogens is 1. The molecule has 5 heteroatoms. The molecule has 142 valence electrons. The Hall–Kier alpha value is -2.79. The van der Waals surface area contributed by atoms with Gasteiger partial charge in [0.05, 0.1) is 7.11 Å². The fourth-order valence-corrected chi connectivity index (χ4v) is 3.18. The topological polar surface area (TPSA) is 43.7 Å². The SMILES string of the molecule is COCCCN(Cc1ccc(OC)cc1)C(=O)c1ccc2ccn(C)c2c1. The number of fused-ring (bicyclic) bond motifs is 1. The van der Waals surface area contributed by atoms with Gasteiger partial charge in [-0.25, -0.2) is 0 Å². The van der Waals surface area contributed by atoms with Crippen LogP contribution in [-0.4, -0.2) is 42.7 Å². The van der Waals surface area contributed by atoms with Crippen molar-refractivity contribution in [2.75, 3.05) is 27.4 Å². The lowest BCUT2D eigenvalue weighted by atomic mass is 10.1. The number of benzene rings is 2. The third-order valence-corrected chi connectivity index (χ3v) is 4.73. The number of ether oxygens (including phenoxy) is 2. The molecule has 3 aromatic rings. The van der Waals surface area contributed by atoms with Crippen molar-refractivity contribution < 1.29 is 14.3 Å². The maximum absolute atomic E-state index is 13.2. The predicted octanol–water partition coefficient (Wildman–Crippen LogP) is 3.87. The van der Waals surface area contributed by atoms with Gasteiger partial charge in [-0.05, 0) is 47.7 Å². The van der Waals surface area contributed by atoms with Gasteiger partial charge >= 0.3 is 0 Å². The molecule has 0 saturated carbocycles. The fraction of sp³-hybridized carbons (Fsp3) is 0.318. The summed E-state index contributed by atoms with van der Waals surface area (Å²) >= 11 is 0. The van der Waals surface area contributed by atoms with Gasteiger partial charge in [-0.1, -0.05) is 18.2 Å². The van der Waals surface area contributed by atoms with Gasteiger partial charge in [-0.2, -0.15) is 0 Å². The molecule has 0 saturated heterocycles. The molecule has 0 fully saturated rings. The summed E-state index contributed by atoms with van der Waals surface area (Å²) in [5.41, 5.74) is 2.83. The Bertz CT molecular complexity index is 900. The van der Waals surface area contributed by atoms with E-state index in [1.54, 1.807) is 14.2 Å². The summed E-state index contributed by atoms with van der Waals surface area (Å²) in [6.07, 6.45) is 2.80. The van der Waals surface area contributed by atoms with Crippen LogP contribution in [0.4, 0.5) is 0 Å². The zero-order valence-corrected chi connectivity index (χ0v) is 16.1. The third kappa shape index (κ3) is 4.49. The predicted molar refractivity (Wildman–Crippen MR) is 107 cm³/mol. The van der Waals surface area contributed by atoms with Gasteiger partial charge in [-0.3, -0.25) is 4.79 Å². The molecule has 0 radical (unpaired) electrons. The van der Waals surface area contributed by atoms with E-state index < -0.39 is 0 Å². The first-order chi connectivity index (χ1) is 13.1. The van der Waals surface area contributed by atoms with E-state index in [0.29, 0.717) is 25.3 Å². The van der Waals surface area contributed by atoms with Crippen LogP contribution in [0.15, 0.2) is 54.7 Å². The van der Waals surface area contributed by atoms with Gasteiger partial charge in [-0.15, -0.1) is 0 Å². The van der Waals surface area contributed by atoms with Crippen molar-refractivity contribution in [3.8, 4) is 5.75 Å². The highest BCUT2D eigenvalue weighted by atomic mass is 16.5. The van der Waals surface area contributed by atoms with Crippen molar-refractivity contribution in [3.05, 3.63) is 65.9 Å². The quantitative estimate of drug-likeness (QED) is 0.569. The number of carbonyl (C=O) groups excluding carboxylic acids is 1. The van der Waals surface area contributed by atoms with Gasteiger partial charge in [0.25, 0.3) is 5.91 Å². The Morgan fingerprint density at radius 3 is 2.56 bits per heavy atom. The average molecular weight is 366 g/mol. The molecule has 27 heavy (non-hydrogen) atoms. The van der Waals surface area contributed by atoms with E-state index in [1.807, 2.05) is 65.2 Å². The molecule has 0 spiro atoms. The van der Waals surface area contributed by atoms with Crippen molar-refractivity contribution in [1.82, 2.24) is 9.47 Å². The Labute approximate surface area is 160 Å². The zero-order valence-electron chi connectivity index (χ0n) is 16.1. The van der Waals surface area contributed by atoms with Crippen LogP contribution in [0.25, 0.3) is 10.9 Å². The molecule has 0 bridgehead atoms. The highest BCUT2D eigenvalue weighted by Gasteiger charge is 2.17. The molecule has 2 aromatic carbocycles. The Balaban J connectivity index is 1.82. The lowest BCUT2D eigenvalue weighted by Crippen LogP contribution is -2.32. The van der Waals surface area contributed by atoms with E-state index in [2.05, 4.69) is 6.07 Å². The summed E-state index contributed by atoms with van der Waals surface area (Å²) in [5, 5.41) is 1.13. The second-order valence-corrected chi connectivity index (χ2v) is 6.62. The number of rotatable bonds is 8. The molecule has 0 unspecified atom stereocenters. The number of amides is 1. The smallest absolute Gasteiger partial charge is 0.254 e. The molecular weight excluding hydrogens is 340 g/mol. The molecule has 5 nitrogen and oxygen atoms in total. The van der Waals surface area contributed by atoms with E-state index in [-0.39, 0.29) is 5.91 Å². The van der Waals surface area contributed by atoms with Crippen LogP contribution in [0.2, 0.25) is 0 Å². The lowest BCUT2D eigenvalue weighted by Gasteiger charge is -2.23. The molecule has 0 aliphatic carbocycles. The lowest BCUT2D eigenvalue weighted by molar-refractivity contribution is 0.0724. The van der Waals surface area contributed by atoms with Crippen LogP contribution < -0.4 is 4.74 Å². The van der Waals surface area contributed by atoms with Crippen LogP contribution in [-0.2, 0) is 18.3 Å². The normalized spacial score (nSPS) is 10.9. The fourth-order valence-electron chi connectivity index (χ4n) is 3.18. The van der Waals surface area contributed by atoms with Crippen molar-refractivity contribution in [2.45, 2.75) is 13.0 Å². The van der Waals surface area contributed by atoms with Crippen molar-refractivity contribution in [1.29, 1.82) is 0 Å². The van der Waals surface area contributed by atoms with Crippen molar-refractivity contribution in [3.63, 3.8) is 0 Å². The highest BCUT2D eigenvalue weighted by Crippen LogP contribution is 2.19. The summed E-state index contributed by atoms with van der Waals surface area (Å²) in [7, 11) is 5.32. The van der Waals surface area contributed by atoms with Crippen molar-refractivity contribution >= 4 is 16.8 Å². The second kappa shape index (κ2) is 8.73. The third-order valence-electron chi connectivity index (χ3n) is 4.73. The first-order valence-electron chi connectivity index (χ1n) is 9.08. The molecule has 0 aliphatic heterocycles. The van der Waals surface area contributed by atoms with Crippen LogP contribution in [0.1, 0.15) is 22.3 Å². The first-order valence-corrected chi connectivity index (χ1v) is 9.08. The minimum absolute atomic E-state index is 0.0324. The summed E-state index contributed by atoms with van der Waals surface area (Å²) < 4.78 is 12.4. The van der Waals surface area contributed by atoms with Crippen LogP contribution in [0, 0.1) is 0 Å². The molecular formula is C22H26N2O3. The van der Waals surface area contributed by atoms with Gasteiger partial charge in [0.2, 0.25) is 0 Å². The maximum atomic E-state index is 13.2. The number of methoxy groups -OCH3 is 2. The van der Waals surface area contributed by atoms with Gasteiger partial charge in [0, 0.05) is 51.1 Å². The average Bonchev–Trinajstić information content (AvgIpc) is 3.07. The van der Waals surface area contributed by atoms with E-state index in [0.717, 1.165) is 28.6 Å². The molecule has 1 heterocycles. The molecule has 1 amide bonds. The first kappa shape index (κ1) is 19.0. The highest BCUT2D eigenvalue weighted by molar-refractivity contribution is 5.98. The number of hydrogen-bond acceptors (Lipinski definition) is 3. The van der Waals surface area contributed by atoms with Crippen LogP contribution in [0.3, 0.4) is 0 Å². The Morgan fingerprint density at radius 2 is 1.85 bits per heavy atom. The minimum Gasteiger partial charge on any atom is -0.497 e. The number of aryl methyl sites for hydroxylation is 1. The molecule has 0 atom stereocenters. The maximum Gasteiger partial charge on any atom is 0.254 e. The Morgan fingerprint density at radius 1 is 1.07 bits per heavy atom. The summed E-state index contributed by atoms with van der Waals surface area (Å²) in [6, 6.07) is 15.8. The number of nitrogens with zero attached hydrogens (tertiary/aromatic N) is 2. The largest absolute Gasteiger partial charge is 0.497 e. The summed E-state index contributed by atoms with van der Waals surface area (Å²) in [4.78, 5) is 15.1. The zero-order chi connectivity index (χ0) is 19.2. The summed E-state index contributed by atoms with van der Waals surface area (Å²) in [5.74, 6) is 0.843. The second-order valence-electron chi connectivity index (χ2n) is 6.62. The van der Waals surface area contributed by atoms with E-state index in [1.165, 1.54) is 0 Å². The molecule has 1 aromatic heterocycles.